The number of hydrogen-bond acceptors (Lipinski definition) is 4. The molecule has 0 bridgehead atoms. The third kappa shape index (κ3) is 4.34. The molecule has 0 aliphatic heterocycles. The van der Waals surface area contributed by atoms with Gasteiger partial charge in [-0.15, -0.1) is 0 Å². The summed E-state index contributed by atoms with van der Waals surface area (Å²) in [6.45, 7) is 3.05. The lowest BCUT2D eigenvalue weighted by Gasteiger charge is -2.26. The zero-order chi connectivity index (χ0) is 15.1. The number of pyridine rings is 1. The van der Waals surface area contributed by atoms with Crippen LogP contribution >= 0.6 is 0 Å². The molecule has 1 aromatic heterocycles. The monoisotopic (exact) mass is 279 g/mol. The van der Waals surface area contributed by atoms with Gasteiger partial charge in [0.2, 0.25) is 5.91 Å². The fourth-order valence-corrected chi connectivity index (χ4v) is 1.59. The Hall–Kier alpha value is -2.44. The normalized spacial score (nSPS) is 11.5. The summed E-state index contributed by atoms with van der Waals surface area (Å²) in [6, 6.07) is 3.83. The molecule has 0 aliphatic rings. The van der Waals surface area contributed by atoms with Gasteiger partial charge in [-0.25, -0.2) is 4.79 Å². The molecule has 0 radical (unpaired) electrons. The molecule has 108 valence electrons. The molecular weight excluding hydrogens is 262 g/mol. The minimum absolute atomic E-state index is 0.0997. The summed E-state index contributed by atoms with van der Waals surface area (Å²) >= 11 is 0. The van der Waals surface area contributed by atoms with Crippen molar-refractivity contribution in [3.63, 3.8) is 0 Å². The highest BCUT2D eigenvalue weighted by Crippen LogP contribution is 2.06. The molecule has 1 unspecified atom stereocenters. The van der Waals surface area contributed by atoms with E-state index in [-0.39, 0.29) is 24.7 Å². The SMILES string of the molecule is CC(=O)NCCN(C(=O)c1ccccn1)C(C)C(=O)O. The summed E-state index contributed by atoms with van der Waals surface area (Å²) in [5.41, 5.74) is 0.170. The molecule has 2 amide bonds. The molecule has 0 fully saturated rings. The molecule has 7 nitrogen and oxygen atoms in total. The molecule has 1 rings (SSSR count). The number of carboxylic acids is 1. The number of hydrogen-bond donors (Lipinski definition) is 2. The van der Waals surface area contributed by atoms with E-state index in [1.807, 2.05) is 0 Å². The zero-order valence-electron chi connectivity index (χ0n) is 11.4. The average Bonchev–Trinajstić information content (AvgIpc) is 2.43. The van der Waals surface area contributed by atoms with Crippen molar-refractivity contribution >= 4 is 17.8 Å². The molecular formula is C13H17N3O4. The van der Waals surface area contributed by atoms with E-state index in [4.69, 9.17) is 5.11 Å². The van der Waals surface area contributed by atoms with Crippen LogP contribution in [0.25, 0.3) is 0 Å². The summed E-state index contributed by atoms with van der Waals surface area (Å²) in [5, 5.41) is 11.6. The highest BCUT2D eigenvalue weighted by atomic mass is 16.4. The van der Waals surface area contributed by atoms with Crippen LogP contribution in [0.15, 0.2) is 24.4 Å². The third-order valence-electron chi connectivity index (χ3n) is 2.70. The van der Waals surface area contributed by atoms with Crippen LogP contribution in [-0.2, 0) is 9.59 Å². The van der Waals surface area contributed by atoms with Crippen molar-refractivity contribution in [3.8, 4) is 0 Å². The van der Waals surface area contributed by atoms with Crippen LogP contribution in [0.1, 0.15) is 24.3 Å². The van der Waals surface area contributed by atoms with Crippen molar-refractivity contribution in [3.05, 3.63) is 30.1 Å². The van der Waals surface area contributed by atoms with Crippen LogP contribution in [0.2, 0.25) is 0 Å². The van der Waals surface area contributed by atoms with Gasteiger partial charge in [0.1, 0.15) is 11.7 Å². The van der Waals surface area contributed by atoms with Crippen LogP contribution in [-0.4, -0.2) is 51.9 Å². The first-order valence-corrected chi connectivity index (χ1v) is 6.12. The van der Waals surface area contributed by atoms with Crippen LogP contribution in [0.3, 0.4) is 0 Å². The number of amides is 2. The molecule has 0 saturated carbocycles. The van der Waals surface area contributed by atoms with Gasteiger partial charge in [-0.3, -0.25) is 14.6 Å². The molecule has 0 aromatic carbocycles. The van der Waals surface area contributed by atoms with Crippen molar-refractivity contribution in [2.45, 2.75) is 19.9 Å². The van der Waals surface area contributed by atoms with Gasteiger partial charge >= 0.3 is 5.97 Å². The van der Waals surface area contributed by atoms with E-state index < -0.39 is 17.9 Å². The number of carboxylic acid groups (broad SMARTS) is 1. The molecule has 7 heteroatoms. The van der Waals surface area contributed by atoms with E-state index in [1.54, 1.807) is 12.1 Å². The zero-order valence-corrected chi connectivity index (χ0v) is 11.4. The fraction of sp³-hybridized carbons (Fsp3) is 0.385. The van der Waals surface area contributed by atoms with Gasteiger partial charge in [-0.1, -0.05) is 6.07 Å². The third-order valence-corrected chi connectivity index (χ3v) is 2.70. The minimum atomic E-state index is -1.11. The van der Waals surface area contributed by atoms with Gasteiger partial charge in [0, 0.05) is 26.2 Å². The van der Waals surface area contributed by atoms with Gasteiger partial charge in [0.05, 0.1) is 0 Å². The standard InChI is InChI=1S/C13H17N3O4/c1-9(13(19)20)16(8-7-14-10(2)17)12(18)11-5-3-4-6-15-11/h3-6,9H,7-8H2,1-2H3,(H,14,17)(H,19,20). The van der Waals surface area contributed by atoms with E-state index in [0.29, 0.717) is 0 Å². The second-order valence-corrected chi connectivity index (χ2v) is 4.21. The number of carbonyl (C=O) groups excluding carboxylic acids is 2. The Morgan fingerprint density at radius 3 is 2.60 bits per heavy atom. The smallest absolute Gasteiger partial charge is 0.326 e. The molecule has 0 spiro atoms. The van der Waals surface area contributed by atoms with E-state index in [1.165, 1.54) is 31.0 Å². The Labute approximate surface area is 116 Å². The summed E-state index contributed by atoms with van der Waals surface area (Å²) in [6.07, 6.45) is 1.46. The number of rotatable bonds is 6. The maximum atomic E-state index is 12.3. The molecule has 0 aliphatic carbocycles. The number of aromatic nitrogens is 1. The predicted molar refractivity (Wildman–Crippen MR) is 71.1 cm³/mol. The quantitative estimate of drug-likeness (QED) is 0.771. The summed E-state index contributed by atoms with van der Waals surface area (Å²) in [5.74, 6) is -1.83. The molecule has 2 N–H and O–H groups in total. The van der Waals surface area contributed by atoms with Crippen LogP contribution in [0, 0.1) is 0 Å². The molecule has 1 heterocycles. The predicted octanol–water partition coefficient (Wildman–Crippen LogP) is 0.133. The maximum Gasteiger partial charge on any atom is 0.326 e. The van der Waals surface area contributed by atoms with Gasteiger partial charge in [-0.05, 0) is 19.1 Å². The van der Waals surface area contributed by atoms with Gasteiger partial charge in [0.25, 0.3) is 5.91 Å². The number of carbonyl (C=O) groups is 3. The summed E-state index contributed by atoms with van der Waals surface area (Å²) < 4.78 is 0. The van der Waals surface area contributed by atoms with Gasteiger partial charge in [0.15, 0.2) is 0 Å². The highest BCUT2D eigenvalue weighted by molar-refractivity contribution is 5.94. The average molecular weight is 279 g/mol. The van der Waals surface area contributed by atoms with E-state index in [2.05, 4.69) is 10.3 Å². The molecule has 0 saturated heterocycles. The van der Waals surface area contributed by atoms with Crippen LogP contribution < -0.4 is 5.32 Å². The Morgan fingerprint density at radius 1 is 1.40 bits per heavy atom. The second-order valence-electron chi connectivity index (χ2n) is 4.21. The number of aliphatic carboxylic acids is 1. The topological polar surface area (TPSA) is 99.6 Å². The Kier molecular flexibility index (Phi) is 5.64. The van der Waals surface area contributed by atoms with Crippen molar-refractivity contribution in [1.82, 2.24) is 15.2 Å². The molecule has 20 heavy (non-hydrogen) atoms. The first-order chi connectivity index (χ1) is 9.43. The van der Waals surface area contributed by atoms with Crippen molar-refractivity contribution in [2.75, 3.05) is 13.1 Å². The first-order valence-electron chi connectivity index (χ1n) is 6.12. The van der Waals surface area contributed by atoms with Crippen molar-refractivity contribution in [2.24, 2.45) is 0 Å². The van der Waals surface area contributed by atoms with Crippen LogP contribution in [0.4, 0.5) is 0 Å². The van der Waals surface area contributed by atoms with Crippen molar-refractivity contribution < 1.29 is 19.5 Å². The summed E-state index contributed by atoms with van der Waals surface area (Å²) in [4.78, 5) is 39.2. The lowest BCUT2D eigenvalue weighted by atomic mass is 10.2. The molecule has 1 atom stereocenters. The second kappa shape index (κ2) is 7.22. The lowest BCUT2D eigenvalue weighted by molar-refractivity contribution is -0.141. The van der Waals surface area contributed by atoms with Gasteiger partial charge in [-0.2, -0.15) is 0 Å². The maximum absolute atomic E-state index is 12.3. The largest absolute Gasteiger partial charge is 0.480 e. The van der Waals surface area contributed by atoms with Crippen molar-refractivity contribution in [1.29, 1.82) is 0 Å². The Balaban J connectivity index is 2.84. The van der Waals surface area contributed by atoms with E-state index in [9.17, 15) is 14.4 Å². The Morgan fingerprint density at radius 2 is 2.10 bits per heavy atom. The van der Waals surface area contributed by atoms with Crippen LogP contribution in [0.5, 0.6) is 0 Å². The van der Waals surface area contributed by atoms with E-state index in [0.717, 1.165) is 0 Å². The number of nitrogens with one attached hydrogen (secondary N) is 1. The lowest BCUT2D eigenvalue weighted by Crippen LogP contribution is -2.47. The first kappa shape index (κ1) is 15.6. The Bertz CT molecular complexity index is 490. The summed E-state index contributed by atoms with van der Waals surface area (Å²) in [7, 11) is 0. The minimum Gasteiger partial charge on any atom is -0.480 e. The van der Waals surface area contributed by atoms with E-state index >= 15 is 0 Å². The molecule has 1 aromatic rings. The van der Waals surface area contributed by atoms with Gasteiger partial charge < -0.3 is 15.3 Å². The fourth-order valence-electron chi connectivity index (χ4n) is 1.59. The number of nitrogens with zero attached hydrogens (tertiary/aromatic N) is 2. The highest BCUT2D eigenvalue weighted by Gasteiger charge is 2.26.